The topological polar surface area (TPSA) is 32.3 Å². The van der Waals surface area contributed by atoms with E-state index in [9.17, 15) is 9.50 Å². The number of aryl methyl sites for hydroxylation is 1. The van der Waals surface area contributed by atoms with Crippen LogP contribution in [0.3, 0.4) is 0 Å². The highest BCUT2D eigenvalue weighted by Gasteiger charge is 2.36. The lowest BCUT2D eigenvalue weighted by atomic mass is 9.96. The molecule has 2 N–H and O–H groups in total. The van der Waals surface area contributed by atoms with Crippen LogP contribution in [0.5, 0.6) is 0 Å². The third kappa shape index (κ3) is 2.78. The number of nitrogens with one attached hydrogen (secondary N) is 1. The van der Waals surface area contributed by atoms with Crippen LogP contribution in [0.2, 0.25) is 0 Å². The van der Waals surface area contributed by atoms with E-state index in [0.717, 1.165) is 30.5 Å². The summed E-state index contributed by atoms with van der Waals surface area (Å²) in [6, 6.07) is 4.92. The number of aliphatic hydroxyl groups is 1. The summed E-state index contributed by atoms with van der Waals surface area (Å²) < 4.78 is 13.3. The second kappa shape index (κ2) is 4.65. The number of anilines is 1. The minimum Gasteiger partial charge on any atom is -0.394 e. The summed E-state index contributed by atoms with van der Waals surface area (Å²) in [5.74, 6) is 0.385. The molecule has 1 aliphatic carbocycles. The van der Waals surface area contributed by atoms with Gasteiger partial charge in [0.25, 0.3) is 0 Å². The molecule has 17 heavy (non-hydrogen) atoms. The summed E-state index contributed by atoms with van der Waals surface area (Å²) in [7, 11) is 0. The molecule has 3 heteroatoms. The molecule has 0 saturated heterocycles. The van der Waals surface area contributed by atoms with Crippen molar-refractivity contribution >= 4 is 5.69 Å². The standard InChI is InChI=1S/C14H20FNO/c1-10-3-4-14(8-10,9-17)16-13-6-11(2)5-12(15)7-13/h5-7,10,16-17H,3-4,8-9H2,1-2H3. The zero-order chi connectivity index (χ0) is 12.5. The van der Waals surface area contributed by atoms with E-state index in [-0.39, 0.29) is 18.0 Å². The molecule has 94 valence electrons. The van der Waals surface area contributed by atoms with E-state index in [2.05, 4.69) is 12.2 Å². The Hall–Kier alpha value is -1.09. The van der Waals surface area contributed by atoms with Gasteiger partial charge in [0, 0.05) is 5.69 Å². The zero-order valence-corrected chi connectivity index (χ0v) is 10.5. The molecule has 0 amide bonds. The Bertz CT molecular complexity index is 387. The second-order valence-electron chi connectivity index (χ2n) is 5.43. The van der Waals surface area contributed by atoms with E-state index < -0.39 is 0 Å². The van der Waals surface area contributed by atoms with Crippen LogP contribution in [-0.4, -0.2) is 17.3 Å². The molecule has 2 unspecified atom stereocenters. The molecule has 2 atom stereocenters. The lowest BCUT2D eigenvalue weighted by molar-refractivity contribution is 0.211. The molecule has 1 saturated carbocycles. The maximum absolute atomic E-state index is 13.3. The van der Waals surface area contributed by atoms with E-state index in [1.165, 1.54) is 12.1 Å². The van der Waals surface area contributed by atoms with Gasteiger partial charge in [-0.2, -0.15) is 0 Å². The van der Waals surface area contributed by atoms with Crippen molar-refractivity contribution in [2.45, 2.75) is 38.6 Å². The van der Waals surface area contributed by atoms with Crippen molar-refractivity contribution in [3.63, 3.8) is 0 Å². The van der Waals surface area contributed by atoms with Gasteiger partial charge in [0.15, 0.2) is 0 Å². The highest BCUT2D eigenvalue weighted by molar-refractivity contribution is 5.48. The lowest BCUT2D eigenvalue weighted by Gasteiger charge is -2.30. The van der Waals surface area contributed by atoms with Crippen LogP contribution in [0.25, 0.3) is 0 Å². The smallest absolute Gasteiger partial charge is 0.125 e. The molecular formula is C14H20FNO. The third-order valence-electron chi connectivity index (χ3n) is 3.61. The molecule has 1 aromatic carbocycles. The Labute approximate surface area is 102 Å². The summed E-state index contributed by atoms with van der Waals surface area (Å²) in [6.07, 6.45) is 3.00. The first-order valence-electron chi connectivity index (χ1n) is 6.19. The lowest BCUT2D eigenvalue weighted by Crippen LogP contribution is -2.39. The largest absolute Gasteiger partial charge is 0.394 e. The van der Waals surface area contributed by atoms with Crippen molar-refractivity contribution in [2.75, 3.05) is 11.9 Å². The summed E-state index contributed by atoms with van der Waals surface area (Å²) in [5.41, 5.74) is 1.40. The van der Waals surface area contributed by atoms with Gasteiger partial charge >= 0.3 is 0 Å². The Morgan fingerprint density at radius 3 is 2.76 bits per heavy atom. The Morgan fingerprint density at radius 1 is 1.47 bits per heavy atom. The number of rotatable bonds is 3. The van der Waals surface area contributed by atoms with Crippen molar-refractivity contribution in [1.29, 1.82) is 0 Å². The number of halogens is 1. The van der Waals surface area contributed by atoms with Gasteiger partial charge in [-0.15, -0.1) is 0 Å². The maximum Gasteiger partial charge on any atom is 0.125 e. The normalized spacial score (nSPS) is 28.4. The maximum atomic E-state index is 13.3. The van der Waals surface area contributed by atoms with E-state index in [0.29, 0.717) is 5.92 Å². The molecule has 0 aliphatic heterocycles. The summed E-state index contributed by atoms with van der Waals surface area (Å²) in [5, 5.41) is 12.9. The van der Waals surface area contributed by atoms with Crippen molar-refractivity contribution in [1.82, 2.24) is 0 Å². The van der Waals surface area contributed by atoms with Crippen LogP contribution in [0.1, 0.15) is 31.7 Å². The predicted octanol–water partition coefficient (Wildman–Crippen LogP) is 3.10. The highest BCUT2D eigenvalue weighted by atomic mass is 19.1. The number of hydrogen-bond donors (Lipinski definition) is 2. The fourth-order valence-electron chi connectivity index (χ4n) is 2.81. The van der Waals surface area contributed by atoms with E-state index >= 15 is 0 Å². The first kappa shape index (κ1) is 12.4. The molecule has 2 nitrogen and oxygen atoms in total. The molecule has 2 rings (SSSR count). The molecule has 1 aliphatic rings. The molecule has 1 fully saturated rings. The SMILES string of the molecule is Cc1cc(F)cc(NC2(CO)CCC(C)C2)c1. The van der Waals surface area contributed by atoms with E-state index in [1.807, 2.05) is 13.0 Å². The average Bonchev–Trinajstić information content (AvgIpc) is 2.59. The molecule has 0 spiro atoms. The second-order valence-corrected chi connectivity index (χ2v) is 5.43. The Balaban J connectivity index is 2.18. The average molecular weight is 237 g/mol. The third-order valence-corrected chi connectivity index (χ3v) is 3.61. The summed E-state index contributed by atoms with van der Waals surface area (Å²) in [6.45, 7) is 4.17. The van der Waals surface area contributed by atoms with Gasteiger partial charge in [-0.1, -0.05) is 6.92 Å². The van der Waals surface area contributed by atoms with Crippen molar-refractivity contribution in [2.24, 2.45) is 5.92 Å². The summed E-state index contributed by atoms with van der Waals surface area (Å²) >= 11 is 0. The quantitative estimate of drug-likeness (QED) is 0.846. The Kier molecular flexibility index (Phi) is 3.38. The molecule has 0 radical (unpaired) electrons. The monoisotopic (exact) mass is 237 g/mol. The number of hydrogen-bond acceptors (Lipinski definition) is 2. The minimum atomic E-state index is -0.264. The van der Waals surface area contributed by atoms with Crippen molar-refractivity contribution in [3.05, 3.63) is 29.6 Å². The molecular weight excluding hydrogens is 217 g/mol. The number of benzene rings is 1. The van der Waals surface area contributed by atoms with Gasteiger partial charge < -0.3 is 10.4 Å². The van der Waals surface area contributed by atoms with Crippen LogP contribution in [-0.2, 0) is 0 Å². The molecule has 0 heterocycles. The molecule has 0 bridgehead atoms. The highest BCUT2D eigenvalue weighted by Crippen LogP contribution is 2.36. The van der Waals surface area contributed by atoms with Gasteiger partial charge in [0.1, 0.15) is 5.82 Å². The van der Waals surface area contributed by atoms with Crippen LogP contribution in [0.4, 0.5) is 10.1 Å². The van der Waals surface area contributed by atoms with Gasteiger partial charge in [-0.05, 0) is 55.9 Å². The Morgan fingerprint density at radius 2 is 2.24 bits per heavy atom. The van der Waals surface area contributed by atoms with Crippen LogP contribution < -0.4 is 5.32 Å². The van der Waals surface area contributed by atoms with Gasteiger partial charge in [-0.3, -0.25) is 0 Å². The van der Waals surface area contributed by atoms with E-state index in [1.54, 1.807) is 0 Å². The summed E-state index contributed by atoms with van der Waals surface area (Å²) in [4.78, 5) is 0. The fraction of sp³-hybridized carbons (Fsp3) is 0.571. The fourth-order valence-corrected chi connectivity index (χ4v) is 2.81. The molecule has 0 aromatic heterocycles. The minimum absolute atomic E-state index is 0.104. The van der Waals surface area contributed by atoms with Gasteiger partial charge in [-0.25, -0.2) is 4.39 Å². The molecule has 1 aromatic rings. The van der Waals surface area contributed by atoms with Crippen molar-refractivity contribution < 1.29 is 9.50 Å². The van der Waals surface area contributed by atoms with Gasteiger partial charge in [0.05, 0.1) is 12.1 Å². The van der Waals surface area contributed by atoms with Crippen molar-refractivity contribution in [3.8, 4) is 0 Å². The van der Waals surface area contributed by atoms with Crippen LogP contribution in [0.15, 0.2) is 18.2 Å². The van der Waals surface area contributed by atoms with Crippen LogP contribution in [0, 0.1) is 18.7 Å². The first-order chi connectivity index (χ1) is 8.03. The first-order valence-corrected chi connectivity index (χ1v) is 6.19. The predicted molar refractivity (Wildman–Crippen MR) is 67.6 cm³/mol. The zero-order valence-electron chi connectivity index (χ0n) is 10.5. The number of aliphatic hydroxyl groups excluding tert-OH is 1. The van der Waals surface area contributed by atoms with Crippen LogP contribution >= 0.6 is 0 Å². The van der Waals surface area contributed by atoms with E-state index in [4.69, 9.17) is 0 Å². The van der Waals surface area contributed by atoms with Gasteiger partial charge in [0.2, 0.25) is 0 Å².